The van der Waals surface area contributed by atoms with E-state index >= 15 is 0 Å². The van der Waals surface area contributed by atoms with E-state index < -0.39 is 25.6 Å². The van der Waals surface area contributed by atoms with Gasteiger partial charge in [-0.1, -0.05) is 43.7 Å². The van der Waals surface area contributed by atoms with Crippen LogP contribution in [0.1, 0.15) is 41.9 Å². The Hall–Kier alpha value is -1.85. The summed E-state index contributed by atoms with van der Waals surface area (Å²) in [6.45, 7) is 3.90. The van der Waals surface area contributed by atoms with Crippen molar-refractivity contribution >= 4 is 24.3 Å². The molecule has 27 heavy (non-hydrogen) atoms. The number of nitrogens with zero attached hydrogens (tertiary/aromatic N) is 1. The molecule has 2 unspecified atom stereocenters. The molecule has 0 amide bonds. The number of ketones is 1. The summed E-state index contributed by atoms with van der Waals surface area (Å²) in [5.41, 5.74) is -1.06. The van der Waals surface area contributed by atoms with Gasteiger partial charge in [0.1, 0.15) is 5.69 Å². The highest BCUT2D eigenvalue weighted by molar-refractivity contribution is 7.41. The zero-order chi connectivity index (χ0) is 19.1. The van der Waals surface area contributed by atoms with Gasteiger partial charge in [-0.15, -0.1) is 4.73 Å². The highest BCUT2D eigenvalue weighted by Gasteiger charge is 2.26. The predicted octanol–water partition coefficient (Wildman–Crippen LogP) is 2.12. The molecule has 0 aliphatic heterocycles. The number of hydrogen-bond acceptors (Lipinski definition) is 6. The van der Waals surface area contributed by atoms with Crippen LogP contribution in [0.5, 0.6) is 0 Å². The average Bonchev–Trinajstić information content (AvgIpc) is 2.65. The fourth-order valence-corrected chi connectivity index (χ4v) is 3.07. The van der Waals surface area contributed by atoms with Crippen LogP contribution in [-0.4, -0.2) is 29.2 Å². The maximum Gasteiger partial charge on any atom is 0.417 e. The number of rotatable bonds is 9. The van der Waals surface area contributed by atoms with Crippen molar-refractivity contribution < 1.29 is 18.5 Å². The lowest BCUT2D eigenvalue weighted by atomic mass is 10.0. The lowest BCUT2D eigenvalue weighted by Crippen LogP contribution is -2.39. The molecule has 0 saturated heterocycles. The molecule has 0 fully saturated rings. The second-order valence-electron chi connectivity index (χ2n) is 5.23. The van der Waals surface area contributed by atoms with E-state index in [1.807, 2.05) is 6.92 Å². The Morgan fingerprint density at radius 2 is 1.85 bits per heavy atom. The van der Waals surface area contributed by atoms with E-state index in [0.29, 0.717) is 25.0 Å². The number of aromatic nitrogens is 2. The number of nitrogens with one attached hydrogen (secondary N) is 1. The van der Waals surface area contributed by atoms with E-state index in [1.165, 1.54) is 7.11 Å². The monoisotopic (exact) mass is 414 g/mol. The molecule has 0 spiro atoms. The first-order valence-corrected chi connectivity index (χ1v) is 9.26. The molecule has 1 heterocycles. The molecule has 2 atom stereocenters. The van der Waals surface area contributed by atoms with Crippen LogP contribution in [0.25, 0.3) is 0 Å². The average molecular weight is 414 g/mol. The lowest BCUT2D eigenvalue weighted by molar-refractivity contribution is 0.0987. The minimum Gasteiger partial charge on any atom is -0.329 e. The molecule has 0 aliphatic carbocycles. The second-order valence-corrected chi connectivity index (χ2v) is 6.47. The van der Waals surface area contributed by atoms with Gasteiger partial charge in [0.25, 0.3) is 5.56 Å². The van der Waals surface area contributed by atoms with Crippen molar-refractivity contribution in [1.82, 2.24) is 9.71 Å². The van der Waals surface area contributed by atoms with Crippen molar-refractivity contribution in [2.75, 3.05) is 13.7 Å². The number of hydrogen-bond donors (Lipinski definition) is 1. The van der Waals surface area contributed by atoms with Gasteiger partial charge in [-0.25, -0.2) is 4.79 Å². The maximum atomic E-state index is 13.0. The molecule has 1 aromatic heterocycles. The van der Waals surface area contributed by atoms with Crippen molar-refractivity contribution in [3.05, 3.63) is 68.0 Å². The van der Waals surface area contributed by atoms with Gasteiger partial charge in [0.15, 0.2) is 0 Å². The summed E-state index contributed by atoms with van der Waals surface area (Å²) in [7, 11) is -0.539. The zero-order valence-corrected chi connectivity index (χ0v) is 17.9. The van der Waals surface area contributed by atoms with Crippen LogP contribution in [0, 0.1) is 0 Å². The molecule has 8 nitrogen and oxygen atoms in total. The van der Waals surface area contributed by atoms with Crippen LogP contribution in [0.3, 0.4) is 0 Å². The van der Waals surface area contributed by atoms with Crippen LogP contribution in [-0.2, 0) is 15.5 Å². The first-order chi connectivity index (χ1) is 12.5. The Morgan fingerprint density at radius 1 is 1.19 bits per heavy atom. The largest absolute Gasteiger partial charge is 0.417 e. The Bertz CT molecular complexity index is 866. The van der Waals surface area contributed by atoms with E-state index in [2.05, 4.69) is 4.98 Å². The SMILES string of the molecule is CCCc1c(C(=O)c2ccccc2)n(OP(OC)OCC)c(=O)[nH]c1=O.P. The van der Waals surface area contributed by atoms with Crippen LogP contribution >= 0.6 is 18.5 Å². The smallest absolute Gasteiger partial charge is 0.329 e. The number of benzene rings is 1. The van der Waals surface area contributed by atoms with E-state index in [1.54, 1.807) is 37.3 Å². The van der Waals surface area contributed by atoms with Crippen molar-refractivity contribution in [1.29, 1.82) is 0 Å². The number of H-pyrrole nitrogens is 1. The molecule has 0 saturated carbocycles. The van der Waals surface area contributed by atoms with Crippen LogP contribution in [0.15, 0.2) is 39.9 Å². The first kappa shape index (κ1) is 23.2. The zero-order valence-electron chi connectivity index (χ0n) is 15.6. The summed E-state index contributed by atoms with van der Waals surface area (Å²) in [6, 6.07) is 8.38. The second kappa shape index (κ2) is 11.1. The molecule has 2 aromatic rings. The van der Waals surface area contributed by atoms with Gasteiger partial charge in [0.05, 0.1) is 6.61 Å². The highest BCUT2D eigenvalue weighted by Crippen LogP contribution is 2.34. The molecule has 0 aliphatic rings. The number of carbonyl (C=O) groups is 1. The van der Waals surface area contributed by atoms with Gasteiger partial charge in [-0.05, 0) is 13.3 Å². The van der Waals surface area contributed by atoms with Gasteiger partial charge in [-0.3, -0.25) is 14.6 Å². The molecular weight excluding hydrogens is 390 g/mol. The Kier molecular flexibility index (Phi) is 9.53. The summed E-state index contributed by atoms with van der Waals surface area (Å²) in [6.07, 6.45) is 0.924. The standard InChI is InChI=1S/C17H21N2O6P.H3P/c1-4-9-13-14(15(20)12-10-7-6-8-11-12)19(17(22)18-16(13)21)25-26(23-3)24-5-2;/h6-8,10-11H,4-5,9H2,1-3H3,(H,18,21,22);1H3. The first-order valence-electron chi connectivity index (χ1n) is 8.17. The Morgan fingerprint density at radius 3 is 2.41 bits per heavy atom. The van der Waals surface area contributed by atoms with Gasteiger partial charge in [-0.2, -0.15) is 9.90 Å². The summed E-state index contributed by atoms with van der Waals surface area (Å²) in [5.74, 6) is -0.486. The van der Waals surface area contributed by atoms with Gasteiger partial charge in [0.2, 0.25) is 5.78 Å². The van der Waals surface area contributed by atoms with Crippen LogP contribution in [0.2, 0.25) is 0 Å². The predicted molar refractivity (Wildman–Crippen MR) is 108 cm³/mol. The molecule has 0 bridgehead atoms. The topological polar surface area (TPSA) is 99.6 Å². The molecule has 0 radical (unpaired) electrons. The normalized spacial score (nSPS) is 11.5. The van der Waals surface area contributed by atoms with Crippen molar-refractivity contribution in [3.63, 3.8) is 0 Å². The van der Waals surface area contributed by atoms with Crippen molar-refractivity contribution in [3.8, 4) is 0 Å². The van der Waals surface area contributed by atoms with Gasteiger partial charge in [0, 0.05) is 18.2 Å². The fourth-order valence-electron chi connectivity index (χ4n) is 2.35. The summed E-state index contributed by atoms with van der Waals surface area (Å²) in [5, 5.41) is 0. The summed E-state index contributed by atoms with van der Waals surface area (Å²) >= 11 is 0. The molecule has 2 rings (SSSR count). The van der Waals surface area contributed by atoms with Crippen LogP contribution < -0.4 is 15.9 Å². The summed E-state index contributed by atoms with van der Waals surface area (Å²) in [4.78, 5) is 39.8. The Labute approximate surface area is 161 Å². The molecule has 1 aromatic carbocycles. The minimum atomic E-state index is -1.90. The van der Waals surface area contributed by atoms with E-state index in [9.17, 15) is 14.4 Å². The van der Waals surface area contributed by atoms with E-state index in [0.717, 1.165) is 4.73 Å². The Balaban J connectivity index is 0.00000364. The van der Waals surface area contributed by atoms with Crippen molar-refractivity contribution in [2.45, 2.75) is 26.7 Å². The van der Waals surface area contributed by atoms with Crippen molar-refractivity contribution in [2.24, 2.45) is 0 Å². The molecule has 10 heteroatoms. The summed E-state index contributed by atoms with van der Waals surface area (Å²) < 4.78 is 16.6. The van der Waals surface area contributed by atoms with E-state index in [-0.39, 0.29) is 21.2 Å². The van der Waals surface area contributed by atoms with Gasteiger partial charge >= 0.3 is 14.3 Å². The fraction of sp³-hybridized carbons (Fsp3) is 0.353. The highest BCUT2D eigenvalue weighted by atomic mass is 31.2. The van der Waals surface area contributed by atoms with Crippen LogP contribution in [0.4, 0.5) is 0 Å². The molecule has 148 valence electrons. The quantitative estimate of drug-likeness (QED) is 0.499. The molecular formula is C17H24N2O6P2. The number of aromatic amines is 1. The van der Waals surface area contributed by atoms with Gasteiger partial charge < -0.3 is 13.7 Å². The number of carbonyl (C=O) groups excluding carboxylic acids is 1. The maximum absolute atomic E-state index is 13.0. The lowest BCUT2D eigenvalue weighted by Gasteiger charge is -2.18. The molecule has 1 N–H and O–H groups in total. The van der Waals surface area contributed by atoms with E-state index in [4.69, 9.17) is 13.7 Å². The minimum absolute atomic E-state index is 0. The third-order valence-corrected chi connectivity index (χ3v) is 4.51. The third-order valence-electron chi connectivity index (χ3n) is 3.45. The third kappa shape index (κ3) is 5.56.